The molecule has 170 valence electrons. The standard InChI is InChI=1S/C22H29N4O3P3/c1-5-25-21(11-27)24-26(22(25)28)16-10-17(29-12(2)3)15(9-20(16)32)19(31)8-14-13(4)23-7-6-18(14)30/h6-10,12,27H,5,11,30-32H2,1-4H3/b19-8-. The first-order valence-electron chi connectivity index (χ1n) is 10.3. The topological polar surface area (TPSA) is 82.2 Å². The van der Waals surface area contributed by atoms with Crippen molar-refractivity contribution >= 4 is 49.7 Å². The molecule has 3 atom stereocenters. The van der Waals surface area contributed by atoms with E-state index in [1.165, 1.54) is 9.25 Å². The van der Waals surface area contributed by atoms with Gasteiger partial charge in [0.2, 0.25) is 0 Å². The minimum Gasteiger partial charge on any atom is -0.490 e. The third-order valence-electron chi connectivity index (χ3n) is 4.95. The third-order valence-corrected chi connectivity index (χ3v) is 6.39. The molecule has 3 unspecified atom stereocenters. The molecule has 0 bridgehead atoms. The highest BCUT2D eigenvalue weighted by Gasteiger charge is 2.18. The molecular formula is C22H29N4O3P3. The van der Waals surface area contributed by atoms with E-state index in [0.717, 1.165) is 32.7 Å². The van der Waals surface area contributed by atoms with E-state index >= 15 is 0 Å². The molecule has 10 heteroatoms. The summed E-state index contributed by atoms with van der Waals surface area (Å²) >= 11 is 0. The van der Waals surface area contributed by atoms with Crippen LogP contribution in [0.2, 0.25) is 0 Å². The van der Waals surface area contributed by atoms with E-state index in [0.29, 0.717) is 23.8 Å². The average Bonchev–Trinajstić information content (AvgIpc) is 3.06. The van der Waals surface area contributed by atoms with Gasteiger partial charge in [0.15, 0.2) is 5.82 Å². The number of aliphatic hydroxyl groups excluding tert-OH is 1. The fourth-order valence-electron chi connectivity index (χ4n) is 3.39. The van der Waals surface area contributed by atoms with Gasteiger partial charge in [0.25, 0.3) is 0 Å². The zero-order chi connectivity index (χ0) is 23.6. The molecule has 32 heavy (non-hydrogen) atoms. The zero-order valence-corrected chi connectivity index (χ0v) is 22.1. The molecule has 0 aliphatic rings. The monoisotopic (exact) mass is 490 g/mol. The van der Waals surface area contributed by atoms with Crippen molar-refractivity contribution in [1.29, 1.82) is 0 Å². The molecule has 2 aromatic heterocycles. The smallest absolute Gasteiger partial charge is 0.350 e. The van der Waals surface area contributed by atoms with Crippen LogP contribution >= 0.6 is 27.7 Å². The Labute approximate surface area is 194 Å². The van der Waals surface area contributed by atoms with Crippen LogP contribution in [0.5, 0.6) is 5.75 Å². The minimum atomic E-state index is -0.310. The summed E-state index contributed by atoms with van der Waals surface area (Å²) in [4.78, 5) is 17.3. The van der Waals surface area contributed by atoms with E-state index in [-0.39, 0.29) is 18.4 Å². The van der Waals surface area contributed by atoms with Gasteiger partial charge in [0.05, 0.1) is 11.8 Å². The van der Waals surface area contributed by atoms with Gasteiger partial charge in [0.1, 0.15) is 12.4 Å². The Morgan fingerprint density at radius 2 is 2.00 bits per heavy atom. The van der Waals surface area contributed by atoms with Crippen LogP contribution in [-0.2, 0) is 13.2 Å². The summed E-state index contributed by atoms with van der Waals surface area (Å²) in [5.74, 6) is 0.960. The van der Waals surface area contributed by atoms with Gasteiger partial charge in [-0.1, -0.05) is 0 Å². The van der Waals surface area contributed by atoms with Gasteiger partial charge in [-0.15, -0.1) is 32.8 Å². The van der Waals surface area contributed by atoms with Crippen LogP contribution in [0.3, 0.4) is 0 Å². The quantitative estimate of drug-likeness (QED) is 0.515. The van der Waals surface area contributed by atoms with Crippen LogP contribution in [0.15, 0.2) is 29.2 Å². The highest BCUT2D eigenvalue weighted by Crippen LogP contribution is 2.34. The van der Waals surface area contributed by atoms with Crippen LogP contribution in [0.1, 0.15) is 43.4 Å². The maximum atomic E-state index is 12.9. The predicted molar refractivity (Wildman–Crippen MR) is 140 cm³/mol. The number of hydrogen-bond acceptors (Lipinski definition) is 5. The summed E-state index contributed by atoms with van der Waals surface area (Å²) in [5, 5.41) is 16.7. The van der Waals surface area contributed by atoms with E-state index in [9.17, 15) is 9.90 Å². The van der Waals surface area contributed by atoms with Gasteiger partial charge in [0, 0.05) is 35.6 Å². The number of rotatable bonds is 7. The normalized spacial score (nSPS) is 12.0. The van der Waals surface area contributed by atoms with Crippen molar-refractivity contribution in [3.63, 3.8) is 0 Å². The summed E-state index contributed by atoms with van der Waals surface area (Å²) in [6, 6.07) is 5.73. The fourth-order valence-corrected chi connectivity index (χ4v) is 4.54. The molecule has 0 aliphatic carbocycles. The Balaban J connectivity index is 2.20. The maximum Gasteiger partial charge on any atom is 0.350 e. The van der Waals surface area contributed by atoms with Crippen LogP contribution in [0, 0.1) is 6.92 Å². The van der Waals surface area contributed by atoms with Crippen LogP contribution in [0.4, 0.5) is 0 Å². The first-order valence-corrected chi connectivity index (χ1v) is 12.0. The van der Waals surface area contributed by atoms with Crippen molar-refractivity contribution in [3.8, 4) is 11.4 Å². The van der Waals surface area contributed by atoms with Gasteiger partial charge in [-0.3, -0.25) is 9.55 Å². The molecule has 1 aromatic carbocycles. The number of benzene rings is 1. The van der Waals surface area contributed by atoms with E-state index in [2.05, 4.69) is 43.9 Å². The van der Waals surface area contributed by atoms with Crippen molar-refractivity contribution in [2.45, 2.75) is 47.0 Å². The maximum absolute atomic E-state index is 12.9. The molecule has 0 aliphatic heterocycles. The Morgan fingerprint density at radius 1 is 1.28 bits per heavy atom. The Kier molecular flexibility index (Phi) is 8.01. The van der Waals surface area contributed by atoms with Gasteiger partial charge in [-0.05, 0) is 61.8 Å². The SMILES string of the molecule is CCn1c(CO)nn(-c2cc(OC(C)C)c(/C(P)=C/c3c(P)ccnc3C)cc2P)c1=O. The van der Waals surface area contributed by atoms with Crippen LogP contribution in [0.25, 0.3) is 17.1 Å². The predicted octanol–water partition coefficient (Wildman–Crippen LogP) is 2.41. The first kappa shape index (κ1) is 24.7. The largest absolute Gasteiger partial charge is 0.490 e. The van der Waals surface area contributed by atoms with E-state index in [4.69, 9.17) is 4.74 Å². The highest BCUT2D eigenvalue weighted by molar-refractivity contribution is 7.32. The Morgan fingerprint density at radius 3 is 2.56 bits per heavy atom. The number of aliphatic hydroxyl groups is 1. The van der Waals surface area contributed by atoms with Gasteiger partial charge in [-0.25, -0.2) is 4.79 Å². The molecule has 3 rings (SSSR count). The fraction of sp³-hybridized carbons (Fsp3) is 0.318. The van der Waals surface area contributed by atoms with Crippen LogP contribution < -0.4 is 21.0 Å². The molecule has 1 N–H and O–H groups in total. The van der Waals surface area contributed by atoms with Crippen LogP contribution in [-0.4, -0.2) is 30.5 Å². The van der Waals surface area contributed by atoms with Gasteiger partial charge in [-0.2, -0.15) is 4.68 Å². The van der Waals surface area contributed by atoms with Crippen molar-refractivity contribution in [2.24, 2.45) is 0 Å². The summed E-state index contributed by atoms with van der Waals surface area (Å²) in [5.41, 5.74) is 3.13. The van der Waals surface area contributed by atoms with E-state index < -0.39 is 0 Å². The summed E-state index contributed by atoms with van der Waals surface area (Å²) in [7, 11) is 8.19. The lowest BCUT2D eigenvalue weighted by Gasteiger charge is -2.18. The third kappa shape index (κ3) is 5.02. The molecule has 0 saturated carbocycles. The zero-order valence-electron chi connectivity index (χ0n) is 18.7. The average molecular weight is 490 g/mol. The van der Waals surface area contributed by atoms with Gasteiger partial charge >= 0.3 is 5.69 Å². The van der Waals surface area contributed by atoms with Crippen molar-refractivity contribution in [2.75, 3.05) is 0 Å². The number of hydrogen-bond donors (Lipinski definition) is 1. The van der Waals surface area contributed by atoms with E-state index in [1.807, 2.05) is 45.9 Å². The number of aryl methyl sites for hydroxylation is 1. The van der Waals surface area contributed by atoms with Crippen molar-refractivity contribution in [1.82, 2.24) is 19.3 Å². The molecule has 0 fully saturated rings. The lowest BCUT2D eigenvalue weighted by atomic mass is 10.1. The number of ether oxygens (including phenoxy) is 1. The van der Waals surface area contributed by atoms with Gasteiger partial charge < -0.3 is 9.84 Å². The molecule has 0 spiro atoms. The Bertz CT molecular complexity index is 1210. The number of nitrogens with zero attached hydrogens (tertiary/aromatic N) is 4. The molecule has 0 amide bonds. The number of aromatic nitrogens is 4. The second-order valence-electron chi connectivity index (χ2n) is 7.59. The van der Waals surface area contributed by atoms with Crippen molar-refractivity contribution < 1.29 is 9.84 Å². The second kappa shape index (κ2) is 10.4. The molecule has 0 radical (unpaired) electrons. The molecule has 3 aromatic rings. The molecule has 7 nitrogen and oxygen atoms in total. The molecule has 2 heterocycles. The first-order chi connectivity index (χ1) is 15.2. The highest BCUT2D eigenvalue weighted by atomic mass is 31.0. The Hall–Kier alpha value is -1.90. The second-order valence-corrected chi connectivity index (χ2v) is 9.45. The van der Waals surface area contributed by atoms with E-state index in [1.54, 1.807) is 6.20 Å². The molecular weight excluding hydrogens is 461 g/mol. The van der Waals surface area contributed by atoms with Crippen molar-refractivity contribution in [3.05, 3.63) is 57.5 Å². The number of pyridine rings is 1. The summed E-state index contributed by atoms with van der Waals surface area (Å²) in [6.07, 6.45) is 3.78. The lowest BCUT2D eigenvalue weighted by Crippen LogP contribution is -2.26. The lowest BCUT2D eigenvalue weighted by molar-refractivity contribution is 0.242. The summed E-state index contributed by atoms with van der Waals surface area (Å²) < 4.78 is 8.89. The molecule has 0 saturated heterocycles. The minimum absolute atomic E-state index is 0.0647. The summed E-state index contributed by atoms with van der Waals surface area (Å²) in [6.45, 7) is 7.85.